The van der Waals surface area contributed by atoms with Crippen molar-refractivity contribution in [2.75, 3.05) is 7.05 Å². The second-order valence-corrected chi connectivity index (χ2v) is 3.98. The zero-order valence-corrected chi connectivity index (χ0v) is 8.81. The quantitative estimate of drug-likeness (QED) is 0.649. The second-order valence-electron chi connectivity index (χ2n) is 3.98. The first kappa shape index (κ1) is 10.7. The first-order chi connectivity index (χ1) is 6.15. The van der Waals surface area contributed by atoms with Gasteiger partial charge >= 0.3 is 0 Å². The Morgan fingerprint density at radius 2 is 2.38 bits per heavy atom. The Hall–Kier alpha value is -0.370. The maximum Gasteiger partial charge on any atom is 0.129 e. The van der Waals surface area contributed by atoms with Crippen LogP contribution in [0.1, 0.15) is 33.1 Å². The number of rotatable bonds is 5. The third kappa shape index (κ3) is 2.31. The van der Waals surface area contributed by atoms with Crippen molar-refractivity contribution in [2.45, 2.75) is 44.8 Å². The summed E-state index contributed by atoms with van der Waals surface area (Å²) in [6.45, 7) is 3.93. The number of hydrogen-bond donors (Lipinski definition) is 1. The van der Waals surface area contributed by atoms with Crippen molar-refractivity contribution in [1.29, 1.82) is 0 Å². The summed E-state index contributed by atoms with van der Waals surface area (Å²) in [5.74, 6) is 0.283. The smallest absolute Gasteiger partial charge is 0.129 e. The molecule has 13 heavy (non-hydrogen) atoms. The minimum atomic E-state index is -0.920. The minimum absolute atomic E-state index is 0.00288. The maximum atomic E-state index is 13.9. The van der Waals surface area contributed by atoms with Crippen LogP contribution in [0, 0.1) is 5.92 Å². The number of halogens is 1. The van der Waals surface area contributed by atoms with E-state index >= 15 is 0 Å². The van der Waals surface area contributed by atoms with E-state index in [1.165, 1.54) is 0 Å². The summed E-state index contributed by atoms with van der Waals surface area (Å²) < 4.78 is 13.9. The third-order valence-corrected chi connectivity index (χ3v) is 3.15. The molecule has 1 N–H and O–H groups in total. The van der Waals surface area contributed by atoms with Crippen LogP contribution in [0.25, 0.3) is 0 Å². The molecule has 0 aliphatic heterocycles. The molecule has 0 aromatic heterocycles. The molecule has 2 heteroatoms. The molecule has 1 aliphatic carbocycles. The van der Waals surface area contributed by atoms with Crippen molar-refractivity contribution in [3.63, 3.8) is 0 Å². The van der Waals surface area contributed by atoms with Crippen LogP contribution in [0.2, 0.25) is 0 Å². The Balaban J connectivity index is 2.27. The van der Waals surface area contributed by atoms with E-state index in [2.05, 4.69) is 11.4 Å². The van der Waals surface area contributed by atoms with Crippen molar-refractivity contribution in [2.24, 2.45) is 5.92 Å². The predicted molar refractivity (Wildman–Crippen MR) is 54.5 cm³/mol. The van der Waals surface area contributed by atoms with Crippen LogP contribution in [0.5, 0.6) is 0 Å². The Kier molecular flexibility index (Phi) is 3.48. The highest BCUT2D eigenvalue weighted by Gasteiger charge is 2.57. The number of alkyl halides is 1. The number of nitrogens with one attached hydrogen (secondary N) is 1. The van der Waals surface area contributed by atoms with E-state index in [9.17, 15) is 4.39 Å². The molecular weight excluding hydrogens is 165 g/mol. The van der Waals surface area contributed by atoms with Gasteiger partial charge in [-0.05, 0) is 46.1 Å². The van der Waals surface area contributed by atoms with E-state index in [-0.39, 0.29) is 12.0 Å². The molecular formula is C11H20FN. The predicted octanol–water partition coefficient (Wildman–Crippen LogP) is 2.68. The van der Waals surface area contributed by atoms with Crippen LogP contribution >= 0.6 is 0 Å². The molecule has 0 amide bonds. The van der Waals surface area contributed by atoms with Gasteiger partial charge in [-0.25, -0.2) is 4.39 Å². The van der Waals surface area contributed by atoms with Crippen LogP contribution in [0.15, 0.2) is 12.2 Å². The average molecular weight is 185 g/mol. The van der Waals surface area contributed by atoms with E-state index in [1.807, 2.05) is 27.0 Å². The standard InChI is InChI=1S/C11H20FN/c1-4-5-6-7-10-8-11(10,12)9(2)13-3/h4-5,9-10,13H,6-8H2,1-3H3/b5-4-/t9-,10-,11-/m1/s1. The molecule has 3 atom stereocenters. The molecule has 1 nitrogen and oxygen atoms in total. The van der Waals surface area contributed by atoms with E-state index < -0.39 is 5.67 Å². The summed E-state index contributed by atoms with van der Waals surface area (Å²) in [6, 6.07) is 0.00288. The highest BCUT2D eigenvalue weighted by molar-refractivity contribution is 5.09. The van der Waals surface area contributed by atoms with Gasteiger partial charge in [0.15, 0.2) is 0 Å². The molecule has 0 spiro atoms. The molecule has 0 unspecified atom stereocenters. The lowest BCUT2D eigenvalue weighted by atomic mass is 10.1. The maximum absolute atomic E-state index is 13.9. The topological polar surface area (TPSA) is 12.0 Å². The molecule has 0 saturated heterocycles. The summed E-state index contributed by atoms with van der Waals surface area (Å²) >= 11 is 0. The Morgan fingerprint density at radius 3 is 2.92 bits per heavy atom. The Bertz CT molecular complexity index is 191. The van der Waals surface area contributed by atoms with E-state index in [4.69, 9.17) is 0 Å². The SMILES string of the molecule is C/C=C\CC[C@@H]1C[C@@]1(F)[C@@H](C)NC. The average Bonchev–Trinajstić information content (AvgIpc) is 2.78. The highest BCUT2D eigenvalue weighted by Crippen LogP contribution is 2.52. The second kappa shape index (κ2) is 4.23. The third-order valence-electron chi connectivity index (χ3n) is 3.15. The van der Waals surface area contributed by atoms with Crippen LogP contribution in [-0.2, 0) is 0 Å². The van der Waals surface area contributed by atoms with Gasteiger partial charge in [0.2, 0.25) is 0 Å². The molecule has 0 radical (unpaired) electrons. The van der Waals surface area contributed by atoms with E-state index in [0.717, 1.165) is 19.3 Å². The molecule has 0 heterocycles. The summed E-state index contributed by atoms with van der Waals surface area (Å²) in [4.78, 5) is 0. The van der Waals surface area contributed by atoms with Gasteiger partial charge < -0.3 is 5.32 Å². The minimum Gasteiger partial charge on any atom is -0.314 e. The lowest BCUT2D eigenvalue weighted by Gasteiger charge is -2.15. The lowest BCUT2D eigenvalue weighted by molar-refractivity contribution is 0.217. The molecule has 1 rings (SSSR count). The van der Waals surface area contributed by atoms with Crippen molar-refractivity contribution in [1.82, 2.24) is 5.32 Å². The number of hydrogen-bond acceptors (Lipinski definition) is 1. The fourth-order valence-electron chi connectivity index (χ4n) is 1.90. The molecule has 1 fully saturated rings. The van der Waals surface area contributed by atoms with Gasteiger partial charge in [-0.2, -0.15) is 0 Å². The van der Waals surface area contributed by atoms with Gasteiger partial charge in [-0.3, -0.25) is 0 Å². The van der Waals surface area contributed by atoms with E-state index in [1.54, 1.807) is 0 Å². The largest absolute Gasteiger partial charge is 0.314 e. The van der Waals surface area contributed by atoms with Crippen LogP contribution < -0.4 is 5.32 Å². The van der Waals surface area contributed by atoms with Gasteiger partial charge in [-0.1, -0.05) is 12.2 Å². The van der Waals surface area contributed by atoms with Gasteiger partial charge in [0.1, 0.15) is 5.67 Å². The van der Waals surface area contributed by atoms with Crippen LogP contribution in [-0.4, -0.2) is 18.8 Å². The van der Waals surface area contributed by atoms with Crippen molar-refractivity contribution in [3.8, 4) is 0 Å². The summed E-state index contributed by atoms with van der Waals surface area (Å²) in [5, 5.41) is 2.99. The zero-order chi connectivity index (χ0) is 9.90. The fraction of sp³-hybridized carbons (Fsp3) is 0.818. The van der Waals surface area contributed by atoms with Gasteiger partial charge in [0, 0.05) is 6.04 Å². The molecule has 1 saturated carbocycles. The Morgan fingerprint density at radius 1 is 1.69 bits per heavy atom. The molecule has 1 aliphatic rings. The summed E-state index contributed by atoms with van der Waals surface area (Å²) in [6.07, 6.45) is 6.90. The number of allylic oxidation sites excluding steroid dienone is 2. The van der Waals surface area contributed by atoms with Gasteiger partial charge in [0.25, 0.3) is 0 Å². The first-order valence-corrected chi connectivity index (χ1v) is 5.12. The molecule has 0 bridgehead atoms. The molecule has 0 aromatic rings. The monoisotopic (exact) mass is 185 g/mol. The van der Waals surface area contributed by atoms with Crippen molar-refractivity contribution < 1.29 is 4.39 Å². The highest BCUT2D eigenvalue weighted by atomic mass is 19.1. The zero-order valence-electron chi connectivity index (χ0n) is 8.81. The van der Waals surface area contributed by atoms with Crippen molar-refractivity contribution in [3.05, 3.63) is 12.2 Å². The van der Waals surface area contributed by atoms with Crippen LogP contribution in [0.4, 0.5) is 4.39 Å². The summed E-state index contributed by atoms with van der Waals surface area (Å²) in [7, 11) is 1.83. The van der Waals surface area contributed by atoms with Crippen molar-refractivity contribution >= 4 is 0 Å². The molecule has 0 aromatic carbocycles. The van der Waals surface area contributed by atoms with Gasteiger partial charge in [-0.15, -0.1) is 0 Å². The normalized spacial score (nSPS) is 35.2. The first-order valence-electron chi connectivity index (χ1n) is 5.12. The Labute approximate surface area is 80.4 Å². The van der Waals surface area contributed by atoms with Crippen LogP contribution in [0.3, 0.4) is 0 Å². The molecule has 76 valence electrons. The lowest BCUT2D eigenvalue weighted by Crippen LogP contribution is -2.35. The van der Waals surface area contributed by atoms with E-state index in [0.29, 0.717) is 0 Å². The fourth-order valence-corrected chi connectivity index (χ4v) is 1.90. The summed E-state index contributed by atoms with van der Waals surface area (Å²) in [5.41, 5.74) is -0.920. The van der Waals surface area contributed by atoms with Gasteiger partial charge in [0.05, 0.1) is 0 Å².